The van der Waals surface area contributed by atoms with Crippen molar-refractivity contribution in [3.63, 3.8) is 0 Å². The summed E-state index contributed by atoms with van der Waals surface area (Å²) in [6.07, 6.45) is 1.22. The van der Waals surface area contributed by atoms with Crippen LogP contribution in [-0.2, 0) is 22.7 Å². The molecule has 1 aromatic rings. The van der Waals surface area contributed by atoms with Gasteiger partial charge in [-0.2, -0.15) is 4.98 Å². The minimum atomic E-state index is -2.93. The molecule has 7 nitrogen and oxygen atoms in total. The SMILES string of the molecule is CCN(CC)CCc1noc(CC2CS(=O)(=O)CCN2)n1. The summed E-state index contributed by atoms with van der Waals surface area (Å²) < 4.78 is 28.4. The summed E-state index contributed by atoms with van der Waals surface area (Å²) in [6.45, 7) is 7.66. The minimum Gasteiger partial charge on any atom is -0.339 e. The van der Waals surface area contributed by atoms with Gasteiger partial charge in [0.25, 0.3) is 0 Å². The van der Waals surface area contributed by atoms with Crippen molar-refractivity contribution in [2.75, 3.05) is 37.7 Å². The maximum Gasteiger partial charge on any atom is 0.228 e. The van der Waals surface area contributed by atoms with Gasteiger partial charge in [-0.3, -0.25) is 0 Å². The van der Waals surface area contributed by atoms with Crippen molar-refractivity contribution in [1.29, 1.82) is 0 Å². The highest BCUT2D eigenvalue weighted by Gasteiger charge is 2.26. The normalized spacial score (nSPS) is 21.8. The van der Waals surface area contributed by atoms with Crippen molar-refractivity contribution >= 4 is 9.84 Å². The Morgan fingerprint density at radius 1 is 1.38 bits per heavy atom. The van der Waals surface area contributed by atoms with Gasteiger partial charge in [0.1, 0.15) is 0 Å². The molecule has 21 heavy (non-hydrogen) atoms. The van der Waals surface area contributed by atoms with E-state index in [1.165, 1.54) is 0 Å². The molecule has 1 fully saturated rings. The first-order valence-corrected chi connectivity index (χ1v) is 9.32. The highest BCUT2D eigenvalue weighted by atomic mass is 32.2. The summed E-state index contributed by atoms with van der Waals surface area (Å²) in [5.41, 5.74) is 0. The summed E-state index contributed by atoms with van der Waals surface area (Å²) >= 11 is 0. The molecule has 0 bridgehead atoms. The van der Waals surface area contributed by atoms with E-state index < -0.39 is 9.84 Å². The maximum absolute atomic E-state index is 11.6. The van der Waals surface area contributed by atoms with Crippen molar-refractivity contribution in [2.45, 2.75) is 32.7 Å². The molecule has 0 radical (unpaired) electrons. The third-order valence-electron chi connectivity index (χ3n) is 3.78. The lowest BCUT2D eigenvalue weighted by Gasteiger charge is -2.21. The number of sulfone groups is 1. The molecule has 1 aliphatic rings. The second-order valence-electron chi connectivity index (χ2n) is 5.35. The first-order valence-electron chi connectivity index (χ1n) is 7.50. The second kappa shape index (κ2) is 7.33. The highest BCUT2D eigenvalue weighted by molar-refractivity contribution is 7.91. The number of hydrogen-bond acceptors (Lipinski definition) is 7. The van der Waals surface area contributed by atoms with Crippen LogP contribution in [0.3, 0.4) is 0 Å². The number of rotatable bonds is 7. The summed E-state index contributed by atoms with van der Waals surface area (Å²) in [6, 6.07) is -0.125. The Morgan fingerprint density at radius 3 is 2.81 bits per heavy atom. The van der Waals surface area contributed by atoms with Crippen LogP contribution in [0.5, 0.6) is 0 Å². The molecule has 2 rings (SSSR count). The summed E-state index contributed by atoms with van der Waals surface area (Å²) in [4.78, 5) is 6.65. The molecule has 1 N–H and O–H groups in total. The quantitative estimate of drug-likeness (QED) is 0.750. The van der Waals surface area contributed by atoms with E-state index >= 15 is 0 Å². The molecule has 0 saturated carbocycles. The van der Waals surface area contributed by atoms with Gasteiger partial charge in [0.05, 0.1) is 11.5 Å². The predicted octanol–water partition coefficient (Wildman–Crippen LogP) is -0.117. The van der Waals surface area contributed by atoms with Gasteiger partial charge in [-0.05, 0) is 13.1 Å². The molecule has 0 aliphatic carbocycles. The monoisotopic (exact) mass is 316 g/mol. The van der Waals surface area contributed by atoms with Crippen LogP contribution in [0.15, 0.2) is 4.52 Å². The second-order valence-corrected chi connectivity index (χ2v) is 7.58. The van der Waals surface area contributed by atoms with Gasteiger partial charge < -0.3 is 14.7 Å². The Kier molecular flexibility index (Phi) is 5.72. The van der Waals surface area contributed by atoms with Crippen LogP contribution in [0, 0.1) is 0 Å². The number of likely N-dealkylation sites (N-methyl/N-ethyl adjacent to an activating group) is 1. The molecular formula is C13H24N4O3S. The van der Waals surface area contributed by atoms with Crippen molar-refractivity contribution < 1.29 is 12.9 Å². The van der Waals surface area contributed by atoms with Gasteiger partial charge in [-0.15, -0.1) is 0 Å². The first kappa shape index (κ1) is 16.4. The zero-order valence-electron chi connectivity index (χ0n) is 12.7. The summed E-state index contributed by atoms with van der Waals surface area (Å²) in [5, 5.41) is 7.15. The van der Waals surface area contributed by atoms with Crippen molar-refractivity contribution in [3.8, 4) is 0 Å². The Bertz CT molecular complexity index is 539. The van der Waals surface area contributed by atoms with Crippen LogP contribution < -0.4 is 5.32 Å². The topological polar surface area (TPSA) is 88.3 Å². The Labute approximate surface area is 126 Å². The molecular weight excluding hydrogens is 292 g/mol. The van der Waals surface area contributed by atoms with E-state index in [2.05, 4.69) is 34.2 Å². The van der Waals surface area contributed by atoms with Crippen LogP contribution in [0.4, 0.5) is 0 Å². The molecule has 1 aliphatic heterocycles. The number of hydrogen-bond donors (Lipinski definition) is 1. The molecule has 1 atom stereocenters. The molecule has 0 aromatic carbocycles. The van der Waals surface area contributed by atoms with E-state index in [0.717, 1.165) is 26.1 Å². The van der Waals surface area contributed by atoms with E-state index in [-0.39, 0.29) is 17.5 Å². The smallest absolute Gasteiger partial charge is 0.228 e. The van der Waals surface area contributed by atoms with Crippen molar-refractivity contribution in [3.05, 3.63) is 11.7 Å². The largest absolute Gasteiger partial charge is 0.339 e. The predicted molar refractivity (Wildman–Crippen MR) is 79.9 cm³/mol. The van der Waals surface area contributed by atoms with Crippen molar-refractivity contribution in [1.82, 2.24) is 20.4 Å². The summed E-state index contributed by atoms with van der Waals surface area (Å²) in [5.74, 6) is 1.56. The van der Waals surface area contributed by atoms with Crippen LogP contribution in [-0.4, -0.2) is 67.2 Å². The molecule has 2 heterocycles. The average Bonchev–Trinajstić information content (AvgIpc) is 2.86. The standard InChI is InChI=1S/C13H24N4O3S/c1-3-17(4-2)7-5-12-15-13(20-16-12)9-11-10-21(18,19)8-6-14-11/h11,14H,3-10H2,1-2H3. The third-order valence-corrected chi connectivity index (χ3v) is 5.51. The maximum atomic E-state index is 11.6. The third kappa shape index (κ3) is 5.05. The molecule has 1 aromatic heterocycles. The fourth-order valence-electron chi connectivity index (χ4n) is 2.48. The van der Waals surface area contributed by atoms with Gasteiger partial charge in [0.15, 0.2) is 15.7 Å². The fourth-order valence-corrected chi connectivity index (χ4v) is 3.93. The molecule has 1 saturated heterocycles. The Morgan fingerprint density at radius 2 is 2.14 bits per heavy atom. The van der Waals surface area contributed by atoms with Crippen LogP contribution in [0.2, 0.25) is 0 Å². The zero-order valence-corrected chi connectivity index (χ0v) is 13.5. The molecule has 120 valence electrons. The first-order chi connectivity index (χ1) is 10.0. The number of aromatic nitrogens is 2. The van der Waals surface area contributed by atoms with E-state index in [1.54, 1.807) is 0 Å². The minimum absolute atomic E-state index is 0.125. The van der Waals surface area contributed by atoms with Crippen LogP contribution in [0.25, 0.3) is 0 Å². The van der Waals surface area contributed by atoms with Gasteiger partial charge in [0.2, 0.25) is 5.89 Å². The Balaban J connectivity index is 1.85. The van der Waals surface area contributed by atoms with Gasteiger partial charge >= 0.3 is 0 Å². The lowest BCUT2D eigenvalue weighted by Crippen LogP contribution is -2.46. The number of nitrogens with one attached hydrogen (secondary N) is 1. The highest BCUT2D eigenvalue weighted by Crippen LogP contribution is 2.08. The molecule has 8 heteroatoms. The van der Waals surface area contributed by atoms with E-state index in [1.807, 2.05) is 0 Å². The van der Waals surface area contributed by atoms with E-state index in [4.69, 9.17) is 4.52 Å². The van der Waals surface area contributed by atoms with Gasteiger partial charge in [-0.1, -0.05) is 19.0 Å². The van der Waals surface area contributed by atoms with E-state index in [9.17, 15) is 8.42 Å². The lowest BCUT2D eigenvalue weighted by molar-refractivity contribution is 0.302. The van der Waals surface area contributed by atoms with Crippen molar-refractivity contribution in [2.24, 2.45) is 0 Å². The van der Waals surface area contributed by atoms with Crippen LogP contribution in [0.1, 0.15) is 25.6 Å². The Hall–Kier alpha value is -0.990. The van der Waals surface area contributed by atoms with Gasteiger partial charge in [-0.25, -0.2) is 8.42 Å². The fraction of sp³-hybridized carbons (Fsp3) is 0.846. The number of nitrogens with zero attached hydrogens (tertiary/aromatic N) is 3. The lowest BCUT2D eigenvalue weighted by atomic mass is 10.2. The average molecular weight is 316 g/mol. The zero-order chi connectivity index (χ0) is 15.3. The summed E-state index contributed by atoms with van der Waals surface area (Å²) in [7, 11) is -2.93. The molecule has 0 spiro atoms. The van der Waals surface area contributed by atoms with E-state index in [0.29, 0.717) is 24.7 Å². The molecule has 1 unspecified atom stereocenters. The van der Waals surface area contributed by atoms with Gasteiger partial charge in [0, 0.05) is 32.0 Å². The van der Waals surface area contributed by atoms with Crippen LogP contribution >= 0.6 is 0 Å². The molecule has 0 amide bonds.